The summed E-state index contributed by atoms with van der Waals surface area (Å²) >= 11 is 7.75. The molecule has 1 aromatic carbocycles. The Kier molecular flexibility index (Phi) is 6.20. The summed E-state index contributed by atoms with van der Waals surface area (Å²) < 4.78 is 67.6. The number of halogens is 4. The Bertz CT molecular complexity index is 1440. The number of hydrogen-bond donors (Lipinski definition) is 1. The third kappa shape index (κ3) is 4.73. The molecule has 1 N–H and O–H groups in total. The Balaban J connectivity index is 1.72. The minimum absolute atomic E-state index is 0.112. The van der Waals surface area contributed by atoms with Crippen LogP contribution in [0.3, 0.4) is 0 Å². The fourth-order valence-electron chi connectivity index (χ4n) is 4.34. The summed E-state index contributed by atoms with van der Waals surface area (Å²) in [5.41, 5.74) is 1.82. The third-order valence-electron chi connectivity index (χ3n) is 5.61. The van der Waals surface area contributed by atoms with Crippen LogP contribution in [0.1, 0.15) is 35.3 Å². The van der Waals surface area contributed by atoms with Crippen molar-refractivity contribution in [2.24, 2.45) is 4.99 Å². The Morgan fingerprint density at radius 3 is 2.71 bits per heavy atom. The lowest BCUT2D eigenvalue weighted by molar-refractivity contribution is 0.0564. The first-order chi connectivity index (χ1) is 16.6. The summed E-state index contributed by atoms with van der Waals surface area (Å²) in [5.74, 6) is -0.0509. The number of benzene rings is 1. The molecule has 8 nitrogen and oxygen atoms in total. The van der Waals surface area contributed by atoms with E-state index in [1.165, 1.54) is 29.5 Å². The number of aliphatic imine (C=N–C) groups is 1. The fourth-order valence-corrected chi connectivity index (χ4v) is 6.01. The van der Waals surface area contributed by atoms with E-state index >= 15 is 0 Å². The topological polar surface area (TPSA) is 92.5 Å². The van der Waals surface area contributed by atoms with E-state index in [1.807, 2.05) is 4.90 Å². The summed E-state index contributed by atoms with van der Waals surface area (Å²) in [4.78, 5) is 11.1. The number of sulfonamides is 1. The standard InChI is InChI=1S/C21H18ClF3N6O2S2/c1-35(32,33)29-12-9-16-17(15-4-6-31(28-15)21(24)25)18(13-3-2-11(23)8-14(13)22)27-19(30(16)10-12)20-26-5-7-34-20/h2-8,12,18,21,29H,9-10H2,1H3/t12-,18-/m0/s1. The van der Waals surface area contributed by atoms with E-state index in [1.54, 1.807) is 11.6 Å². The Morgan fingerprint density at radius 1 is 1.29 bits per heavy atom. The van der Waals surface area contributed by atoms with Crippen LogP contribution in [-0.4, -0.2) is 52.8 Å². The van der Waals surface area contributed by atoms with Crippen molar-refractivity contribution in [2.75, 3.05) is 12.8 Å². The van der Waals surface area contributed by atoms with Crippen molar-refractivity contribution >= 4 is 44.4 Å². The highest BCUT2D eigenvalue weighted by Crippen LogP contribution is 2.46. The van der Waals surface area contributed by atoms with Gasteiger partial charge >= 0.3 is 6.55 Å². The van der Waals surface area contributed by atoms with Crippen LogP contribution in [-0.2, 0) is 10.0 Å². The number of aromatic nitrogens is 3. The van der Waals surface area contributed by atoms with Gasteiger partial charge in [0.2, 0.25) is 10.0 Å². The van der Waals surface area contributed by atoms with Crippen LogP contribution in [0.4, 0.5) is 13.2 Å². The molecule has 0 amide bonds. The van der Waals surface area contributed by atoms with E-state index in [0.717, 1.165) is 18.5 Å². The lowest BCUT2D eigenvalue weighted by Crippen LogP contribution is -2.38. The molecule has 4 heterocycles. The van der Waals surface area contributed by atoms with Crippen molar-refractivity contribution in [2.45, 2.75) is 25.1 Å². The predicted molar refractivity (Wildman–Crippen MR) is 126 cm³/mol. The average molecular weight is 543 g/mol. The van der Waals surface area contributed by atoms with E-state index < -0.39 is 34.5 Å². The van der Waals surface area contributed by atoms with E-state index in [4.69, 9.17) is 16.6 Å². The Labute approximate surface area is 207 Å². The van der Waals surface area contributed by atoms with Crippen LogP contribution in [0.5, 0.6) is 0 Å². The molecule has 2 aliphatic rings. The van der Waals surface area contributed by atoms with Gasteiger partial charge in [0.25, 0.3) is 0 Å². The second-order valence-corrected chi connectivity index (χ2v) is 11.2. The summed E-state index contributed by atoms with van der Waals surface area (Å²) in [6.07, 6.45) is 4.10. The molecule has 14 heteroatoms. The van der Waals surface area contributed by atoms with E-state index in [9.17, 15) is 21.6 Å². The highest BCUT2D eigenvalue weighted by molar-refractivity contribution is 7.88. The Morgan fingerprint density at radius 2 is 2.09 bits per heavy atom. The number of thiazole rings is 1. The lowest BCUT2D eigenvalue weighted by Gasteiger charge is -2.32. The van der Waals surface area contributed by atoms with Gasteiger partial charge < -0.3 is 4.90 Å². The summed E-state index contributed by atoms with van der Waals surface area (Å²) in [6.45, 7) is -2.59. The van der Waals surface area contributed by atoms with Gasteiger partial charge in [-0.2, -0.15) is 13.9 Å². The summed E-state index contributed by atoms with van der Waals surface area (Å²) in [7, 11) is -3.52. The van der Waals surface area contributed by atoms with Gasteiger partial charge in [-0.15, -0.1) is 11.3 Å². The van der Waals surface area contributed by atoms with Crippen LogP contribution in [0, 0.1) is 5.82 Å². The number of rotatable bonds is 6. The Hall–Kier alpha value is -2.74. The van der Waals surface area contributed by atoms with Gasteiger partial charge in [0, 0.05) is 58.6 Å². The van der Waals surface area contributed by atoms with Crippen LogP contribution in [0.15, 0.2) is 52.7 Å². The minimum Gasteiger partial charge on any atom is -0.326 e. The number of nitrogens with zero attached hydrogens (tertiary/aromatic N) is 5. The van der Waals surface area contributed by atoms with Crippen LogP contribution < -0.4 is 4.72 Å². The van der Waals surface area contributed by atoms with Gasteiger partial charge in [-0.25, -0.2) is 27.2 Å². The zero-order chi connectivity index (χ0) is 24.9. The van der Waals surface area contributed by atoms with Crippen LogP contribution in [0.2, 0.25) is 5.02 Å². The zero-order valence-corrected chi connectivity index (χ0v) is 20.5. The molecule has 35 heavy (non-hydrogen) atoms. The minimum atomic E-state index is -3.52. The van der Waals surface area contributed by atoms with Gasteiger partial charge in [-0.3, -0.25) is 4.99 Å². The fraction of sp³-hybridized carbons (Fsp3) is 0.286. The molecule has 0 radical (unpaired) electrons. The van der Waals surface area contributed by atoms with Crippen molar-refractivity contribution in [1.82, 2.24) is 24.4 Å². The number of hydrogen-bond acceptors (Lipinski definition) is 7. The molecule has 3 aromatic rings. The number of alkyl halides is 2. The number of fused-ring (bicyclic) bond motifs is 1. The molecule has 0 saturated carbocycles. The molecule has 0 aliphatic carbocycles. The van der Waals surface area contributed by atoms with E-state index in [0.29, 0.717) is 32.4 Å². The monoisotopic (exact) mass is 542 g/mol. The van der Waals surface area contributed by atoms with Crippen molar-refractivity contribution in [1.29, 1.82) is 0 Å². The predicted octanol–water partition coefficient (Wildman–Crippen LogP) is 4.06. The van der Waals surface area contributed by atoms with Gasteiger partial charge in [0.05, 0.1) is 11.9 Å². The number of nitrogens with one attached hydrogen (secondary N) is 1. The molecule has 0 unspecified atom stereocenters. The largest absolute Gasteiger partial charge is 0.333 e. The molecule has 1 saturated heterocycles. The molecule has 184 valence electrons. The van der Waals surface area contributed by atoms with Gasteiger partial charge in [-0.05, 0) is 18.2 Å². The van der Waals surface area contributed by atoms with Crippen molar-refractivity contribution < 1.29 is 21.6 Å². The zero-order valence-electron chi connectivity index (χ0n) is 18.1. The molecular formula is C21H18ClF3N6O2S2. The van der Waals surface area contributed by atoms with Crippen LogP contribution in [0.25, 0.3) is 5.57 Å². The van der Waals surface area contributed by atoms with Crippen molar-refractivity contribution in [3.05, 3.63) is 74.8 Å². The molecule has 2 atom stereocenters. The van der Waals surface area contributed by atoms with Crippen molar-refractivity contribution in [3.8, 4) is 0 Å². The summed E-state index contributed by atoms with van der Waals surface area (Å²) in [6, 6.07) is 4.02. The SMILES string of the molecule is CS(=O)(=O)N[C@H]1CC2=C(c3ccn(C(F)F)n3)[C@H](c3ccc(F)cc3Cl)N=C(c3nccs3)N2C1. The highest BCUT2D eigenvalue weighted by Gasteiger charge is 2.41. The van der Waals surface area contributed by atoms with Crippen LogP contribution >= 0.6 is 22.9 Å². The molecule has 2 aromatic heterocycles. The molecule has 0 spiro atoms. The lowest BCUT2D eigenvalue weighted by atomic mass is 9.92. The number of amidine groups is 1. The smallest absolute Gasteiger partial charge is 0.326 e. The highest BCUT2D eigenvalue weighted by atomic mass is 35.5. The maximum atomic E-state index is 13.8. The second-order valence-electron chi connectivity index (χ2n) is 8.08. The normalized spacial score (nSPS) is 20.5. The van der Waals surface area contributed by atoms with E-state index in [-0.39, 0.29) is 23.7 Å². The van der Waals surface area contributed by atoms with Gasteiger partial charge in [0.15, 0.2) is 10.8 Å². The first kappa shape index (κ1) is 24.0. The van der Waals surface area contributed by atoms with Gasteiger partial charge in [-0.1, -0.05) is 17.7 Å². The first-order valence-electron chi connectivity index (χ1n) is 10.3. The second kappa shape index (κ2) is 9.04. The quantitative estimate of drug-likeness (QED) is 0.507. The molecule has 2 aliphatic heterocycles. The average Bonchev–Trinajstić information content (AvgIpc) is 3.52. The third-order valence-corrected chi connectivity index (χ3v) is 7.46. The maximum Gasteiger partial charge on any atom is 0.333 e. The molecular weight excluding hydrogens is 525 g/mol. The van der Waals surface area contributed by atoms with E-state index in [2.05, 4.69) is 14.8 Å². The maximum absolute atomic E-state index is 13.8. The van der Waals surface area contributed by atoms with Crippen molar-refractivity contribution in [3.63, 3.8) is 0 Å². The molecule has 1 fully saturated rings. The van der Waals surface area contributed by atoms with Gasteiger partial charge in [0.1, 0.15) is 11.9 Å². The molecule has 0 bridgehead atoms. The summed E-state index contributed by atoms with van der Waals surface area (Å²) in [5, 5.41) is 6.53. The first-order valence-corrected chi connectivity index (χ1v) is 13.5. The molecule has 5 rings (SSSR count).